The molecule has 0 amide bonds. The zero-order chi connectivity index (χ0) is 11.8. The van der Waals surface area contributed by atoms with Crippen LogP contribution >= 0.6 is 22.9 Å². The van der Waals surface area contributed by atoms with E-state index in [4.69, 9.17) is 11.6 Å². The molecule has 0 radical (unpaired) electrons. The fraction of sp³-hybridized carbons (Fsp3) is 0.692. The number of hydrogen-bond donors (Lipinski definition) is 1. The van der Waals surface area contributed by atoms with Gasteiger partial charge in [0.1, 0.15) is 0 Å². The molecular formula is C13H20ClNS. The summed E-state index contributed by atoms with van der Waals surface area (Å²) in [5, 5.41) is 5.79. The highest BCUT2D eigenvalue weighted by molar-refractivity contribution is 7.14. The Kier molecular flexibility index (Phi) is 3.62. The first-order chi connectivity index (χ1) is 7.53. The van der Waals surface area contributed by atoms with Crippen molar-refractivity contribution in [2.24, 2.45) is 11.3 Å². The van der Waals surface area contributed by atoms with Crippen LogP contribution in [0.4, 0.5) is 0 Å². The Morgan fingerprint density at radius 3 is 2.56 bits per heavy atom. The quantitative estimate of drug-likeness (QED) is 0.820. The van der Waals surface area contributed by atoms with Gasteiger partial charge in [-0.1, -0.05) is 25.4 Å². The Morgan fingerprint density at radius 1 is 1.44 bits per heavy atom. The maximum atomic E-state index is 5.95. The first kappa shape index (κ1) is 12.4. The standard InChI is InChI=1S/C13H20ClNS/c1-9(2)13(4-5-13)8-15-10(3)11-6-12(14)16-7-11/h6-7,9-10,15H,4-5,8H2,1-3H3. The van der Waals surface area contributed by atoms with Gasteiger partial charge in [0.25, 0.3) is 0 Å². The van der Waals surface area contributed by atoms with Gasteiger partial charge in [0.05, 0.1) is 4.34 Å². The molecule has 1 saturated carbocycles. The van der Waals surface area contributed by atoms with Crippen molar-refractivity contribution in [1.82, 2.24) is 5.32 Å². The van der Waals surface area contributed by atoms with Crippen molar-refractivity contribution in [3.05, 3.63) is 21.3 Å². The van der Waals surface area contributed by atoms with E-state index in [1.54, 1.807) is 11.3 Å². The number of thiophene rings is 1. The van der Waals surface area contributed by atoms with E-state index >= 15 is 0 Å². The van der Waals surface area contributed by atoms with Crippen molar-refractivity contribution in [1.29, 1.82) is 0 Å². The van der Waals surface area contributed by atoms with Gasteiger partial charge >= 0.3 is 0 Å². The molecular weight excluding hydrogens is 238 g/mol. The van der Waals surface area contributed by atoms with Crippen molar-refractivity contribution in [3.8, 4) is 0 Å². The van der Waals surface area contributed by atoms with Gasteiger partial charge in [-0.15, -0.1) is 11.3 Å². The SMILES string of the molecule is CC(NCC1(C(C)C)CC1)c1csc(Cl)c1. The summed E-state index contributed by atoms with van der Waals surface area (Å²) in [5.74, 6) is 0.790. The normalized spacial score (nSPS) is 20.1. The van der Waals surface area contributed by atoms with E-state index in [1.165, 1.54) is 18.4 Å². The minimum Gasteiger partial charge on any atom is -0.310 e. The predicted octanol–water partition coefficient (Wildman–Crippen LogP) is 4.49. The summed E-state index contributed by atoms with van der Waals surface area (Å²) in [5.41, 5.74) is 1.89. The second-order valence-electron chi connectivity index (χ2n) is 5.30. The Hall–Kier alpha value is -0.0500. The molecule has 1 nitrogen and oxygen atoms in total. The molecule has 1 N–H and O–H groups in total. The highest BCUT2D eigenvalue weighted by Crippen LogP contribution is 2.51. The van der Waals surface area contributed by atoms with Crippen LogP contribution in [0, 0.1) is 11.3 Å². The molecule has 90 valence electrons. The van der Waals surface area contributed by atoms with Crippen molar-refractivity contribution in [3.63, 3.8) is 0 Å². The van der Waals surface area contributed by atoms with E-state index in [0.29, 0.717) is 11.5 Å². The van der Waals surface area contributed by atoms with E-state index in [2.05, 4.69) is 37.5 Å². The molecule has 0 saturated heterocycles. The fourth-order valence-electron chi connectivity index (χ4n) is 2.14. The van der Waals surface area contributed by atoms with E-state index in [9.17, 15) is 0 Å². The third kappa shape index (κ3) is 2.61. The van der Waals surface area contributed by atoms with E-state index in [0.717, 1.165) is 16.8 Å². The lowest BCUT2D eigenvalue weighted by Gasteiger charge is -2.22. The Balaban J connectivity index is 1.87. The highest BCUT2D eigenvalue weighted by atomic mass is 35.5. The molecule has 1 unspecified atom stereocenters. The Bertz CT molecular complexity index is 355. The summed E-state index contributed by atoms with van der Waals surface area (Å²) < 4.78 is 0.883. The van der Waals surface area contributed by atoms with Crippen LogP contribution in [0.3, 0.4) is 0 Å². The molecule has 1 aromatic rings. The Morgan fingerprint density at radius 2 is 2.12 bits per heavy atom. The predicted molar refractivity (Wildman–Crippen MR) is 72.3 cm³/mol. The topological polar surface area (TPSA) is 12.0 Å². The number of halogens is 1. The largest absolute Gasteiger partial charge is 0.310 e. The number of nitrogens with one attached hydrogen (secondary N) is 1. The zero-order valence-corrected chi connectivity index (χ0v) is 11.8. The van der Waals surface area contributed by atoms with Gasteiger partial charge in [-0.25, -0.2) is 0 Å². The van der Waals surface area contributed by atoms with Crippen LogP contribution in [0.1, 0.15) is 45.2 Å². The lowest BCUT2D eigenvalue weighted by molar-refractivity contribution is 0.325. The molecule has 0 aliphatic heterocycles. The van der Waals surface area contributed by atoms with Gasteiger partial charge in [-0.2, -0.15) is 0 Å². The summed E-state index contributed by atoms with van der Waals surface area (Å²) in [7, 11) is 0. The summed E-state index contributed by atoms with van der Waals surface area (Å²) in [4.78, 5) is 0. The van der Waals surface area contributed by atoms with E-state index in [-0.39, 0.29) is 0 Å². The zero-order valence-electron chi connectivity index (χ0n) is 10.2. The number of hydrogen-bond acceptors (Lipinski definition) is 2. The van der Waals surface area contributed by atoms with Gasteiger partial charge in [-0.05, 0) is 48.1 Å². The van der Waals surface area contributed by atoms with Gasteiger partial charge in [0.2, 0.25) is 0 Å². The van der Waals surface area contributed by atoms with Crippen LogP contribution in [-0.2, 0) is 0 Å². The maximum absolute atomic E-state index is 5.95. The second kappa shape index (κ2) is 4.67. The lowest BCUT2D eigenvalue weighted by Crippen LogP contribution is -2.29. The smallest absolute Gasteiger partial charge is 0.0931 e. The molecule has 0 aromatic carbocycles. The van der Waals surface area contributed by atoms with Crippen LogP contribution < -0.4 is 5.32 Å². The average Bonchev–Trinajstić information content (AvgIpc) is 2.92. The van der Waals surface area contributed by atoms with Crippen molar-refractivity contribution < 1.29 is 0 Å². The molecule has 3 heteroatoms. The van der Waals surface area contributed by atoms with Crippen LogP contribution in [0.25, 0.3) is 0 Å². The van der Waals surface area contributed by atoms with Crippen molar-refractivity contribution in [2.45, 2.75) is 39.7 Å². The summed E-state index contributed by atoms with van der Waals surface area (Å²) in [6.45, 7) is 8.02. The van der Waals surface area contributed by atoms with Crippen LogP contribution in [0.5, 0.6) is 0 Å². The molecule has 16 heavy (non-hydrogen) atoms. The lowest BCUT2D eigenvalue weighted by atomic mass is 9.92. The van der Waals surface area contributed by atoms with Gasteiger partial charge < -0.3 is 5.32 Å². The number of rotatable bonds is 5. The van der Waals surface area contributed by atoms with Crippen LogP contribution in [0.15, 0.2) is 11.4 Å². The molecule has 1 aliphatic carbocycles. The van der Waals surface area contributed by atoms with Gasteiger partial charge in [0.15, 0.2) is 0 Å². The third-order valence-corrected chi connectivity index (χ3v) is 5.07. The first-order valence-electron chi connectivity index (χ1n) is 6.01. The molecule has 1 heterocycles. The Labute approximate surface area is 107 Å². The second-order valence-corrected chi connectivity index (χ2v) is 6.85. The molecule has 2 rings (SSSR count). The maximum Gasteiger partial charge on any atom is 0.0931 e. The molecule has 1 atom stereocenters. The minimum absolute atomic E-state index is 0.417. The van der Waals surface area contributed by atoms with E-state index in [1.807, 2.05) is 0 Å². The fourth-order valence-corrected chi connectivity index (χ4v) is 3.13. The minimum atomic E-state index is 0.417. The summed E-state index contributed by atoms with van der Waals surface area (Å²) in [6.07, 6.45) is 2.77. The molecule has 1 fully saturated rings. The molecule has 1 aliphatic rings. The molecule has 0 spiro atoms. The van der Waals surface area contributed by atoms with Gasteiger partial charge in [0, 0.05) is 12.6 Å². The first-order valence-corrected chi connectivity index (χ1v) is 7.26. The van der Waals surface area contributed by atoms with Crippen LogP contribution in [0.2, 0.25) is 4.34 Å². The van der Waals surface area contributed by atoms with Crippen molar-refractivity contribution >= 4 is 22.9 Å². The summed E-state index contributed by atoms with van der Waals surface area (Å²) >= 11 is 7.56. The monoisotopic (exact) mass is 257 g/mol. The molecule has 1 aromatic heterocycles. The van der Waals surface area contributed by atoms with Crippen LogP contribution in [-0.4, -0.2) is 6.54 Å². The van der Waals surface area contributed by atoms with Gasteiger partial charge in [-0.3, -0.25) is 0 Å². The molecule has 0 bridgehead atoms. The average molecular weight is 258 g/mol. The van der Waals surface area contributed by atoms with E-state index < -0.39 is 0 Å². The summed E-state index contributed by atoms with van der Waals surface area (Å²) in [6, 6.07) is 2.48. The third-order valence-electron chi connectivity index (χ3n) is 3.97. The highest BCUT2D eigenvalue weighted by Gasteiger charge is 2.44. The van der Waals surface area contributed by atoms with Crippen molar-refractivity contribution in [2.75, 3.05) is 6.54 Å².